The fraction of sp³-hybridized carbons (Fsp3) is 0.424. The number of unbranched alkanes of at least 4 members (excludes halogenated alkanes) is 4. The molecule has 0 bridgehead atoms. The Balaban J connectivity index is 1.62. The molecule has 4 rings (SSSR count). The van der Waals surface area contributed by atoms with Crippen molar-refractivity contribution in [3.8, 4) is 0 Å². The lowest BCUT2D eigenvalue weighted by Crippen LogP contribution is -2.28. The van der Waals surface area contributed by atoms with Gasteiger partial charge in [-0.3, -0.25) is 19.1 Å². The van der Waals surface area contributed by atoms with Crippen LogP contribution in [0, 0.1) is 0 Å². The van der Waals surface area contributed by atoms with Crippen molar-refractivity contribution in [3.05, 3.63) is 71.5 Å². The first kappa shape index (κ1) is 36.3. The fourth-order valence-corrected chi connectivity index (χ4v) is 7.21. The summed E-state index contributed by atoms with van der Waals surface area (Å²) in [7, 11) is -4.42. The highest BCUT2D eigenvalue weighted by Gasteiger charge is 2.40. The van der Waals surface area contributed by atoms with E-state index in [2.05, 4.69) is 21.6 Å². The van der Waals surface area contributed by atoms with E-state index in [4.69, 9.17) is 20.5 Å². The Morgan fingerprint density at radius 3 is 2.19 bits per heavy atom. The minimum absolute atomic E-state index is 0.0785. The lowest BCUT2D eigenvalue weighted by atomic mass is 9.75. The molecule has 0 spiro atoms. The van der Waals surface area contributed by atoms with E-state index in [9.17, 15) is 22.6 Å². The van der Waals surface area contributed by atoms with E-state index >= 15 is 0 Å². The average Bonchev–Trinajstić information content (AvgIpc) is 3.44. The van der Waals surface area contributed by atoms with E-state index in [-0.39, 0.29) is 17.7 Å². The molecule has 2 aromatic rings. The molecule has 5 N–H and O–H groups in total. The molecular weight excluding hydrogens is 649 g/mol. The second-order valence-corrected chi connectivity index (χ2v) is 14.4. The van der Waals surface area contributed by atoms with Gasteiger partial charge in [0.05, 0.1) is 28.3 Å². The van der Waals surface area contributed by atoms with Crippen molar-refractivity contribution in [1.29, 1.82) is 0 Å². The molecule has 0 amide bonds. The molecular formula is C33H40N2O10S2. The van der Waals surface area contributed by atoms with Gasteiger partial charge in [-0.1, -0.05) is 36.8 Å². The van der Waals surface area contributed by atoms with E-state index in [0.717, 1.165) is 58.8 Å². The van der Waals surface area contributed by atoms with Gasteiger partial charge < -0.3 is 15.5 Å². The predicted molar refractivity (Wildman–Crippen MR) is 177 cm³/mol. The lowest BCUT2D eigenvalue weighted by molar-refractivity contribution is -0.432. The molecule has 2 aliphatic heterocycles. The van der Waals surface area contributed by atoms with Gasteiger partial charge in [0.2, 0.25) is 0 Å². The van der Waals surface area contributed by atoms with Gasteiger partial charge in [-0.15, -0.1) is 4.33 Å². The Labute approximate surface area is 278 Å². The summed E-state index contributed by atoms with van der Waals surface area (Å²) in [6.45, 7) is 4.09. The highest BCUT2D eigenvalue weighted by Crippen LogP contribution is 2.48. The first-order valence-electron chi connectivity index (χ1n) is 15.4. The smallest absolute Gasteiger partial charge is 0.303 e. The number of carboxylic acid groups (broad SMARTS) is 2. The molecule has 2 aliphatic rings. The molecule has 14 heteroatoms. The largest absolute Gasteiger partial charge is 0.481 e. The SMILES string of the molecule is CC1(CCCCCC(=O)O)C(/C=C/C=C2\Nc3ccc(S(=O)(=O)O)cc3C2(C)CCCCCC(=O)O)=Nc2ccc(SOOO)cc21. The van der Waals surface area contributed by atoms with Crippen LogP contribution in [0.1, 0.15) is 89.2 Å². The minimum atomic E-state index is -4.42. The van der Waals surface area contributed by atoms with E-state index in [1.165, 1.54) is 12.1 Å². The fourth-order valence-electron chi connectivity index (χ4n) is 6.31. The van der Waals surface area contributed by atoms with Crippen LogP contribution >= 0.6 is 12.0 Å². The van der Waals surface area contributed by atoms with Crippen LogP contribution < -0.4 is 5.32 Å². The maximum absolute atomic E-state index is 12.0. The van der Waals surface area contributed by atoms with Crippen molar-refractivity contribution < 1.29 is 47.4 Å². The molecule has 254 valence electrons. The van der Waals surface area contributed by atoms with Crippen molar-refractivity contribution in [2.24, 2.45) is 4.99 Å². The molecule has 2 unspecified atom stereocenters. The molecule has 0 saturated carbocycles. The number of carboxylic acids is 2. The normalized spacial score (nSPS) is 21.1. The summed E-state index contributed by atoms with van der Waals surface area (Å²) in [6.07, 6.45) is 11.3. The van der Waals surface area contributed by atoms with Crippen LogP contribution in [0.2, 0.25) is 0 Å². The molecule has 2 atom stereocenters. The van der Waals surface area contributed by atoms with E-state index < -0.39 is 32.9 Å². The Morgan fingerprint density at radius 2 is 1.57 bits per heavy atom. The van der Waals surface area contributed by atoms with Gasteiger partial charge in [0.15, 0.2) is 0 Å². The molecule has 2 aromatic carbocycles. The number of benzene rings is 2. The zero-order valence-corrected chi connectivity index (χ0v) is 27.9. The summed E-state index contributed by atoms with van der Waals surface area (Å²) < 4.78 is 38.3. The van der Waals surface area contributed by atoms with Crippen molar-refractivity contribution in [2.45, 2.75) is 98.7 Å². The Hall–Kier alpha value is -3.53. The number of allylic oxidation sites excluding steroid dienone is 4. The van der Waals surface area contributed by atoms with Crippen LogP contribution in [0.4, 0.5) is 11.4 Å². The van der Waals surface area contributed by atoms with Crippen LogP contribution in [-0.2, 0) is 39.9 Å². The topological polar surface area (TPSA) is 192 Å². The molecule has 12 nitrogen and oxygen atoms in total. The van der Waals surface area contributed by atoms with E-state index in [1.807, 2.05) is 37.3 Å². The monoisotopic (exact) mass is 688 g/mol. The van der Waals surface area contributed by atoms with Crippen molar-refractivity contribution in [3.63, 3.8) is 0 Å². The maximum Gasteiger partial charge on any atom is 0.303 e. The number of hydrogen-bond donors (Lipinski definition) is 5. The molecule has 47 heavy (non-hydrogen) atoms. The number of rotatable bonds is 18. The minimum Gasteiger partial charge on any atom is -0.481 e. The van der Waals surface area contributed by atoms with E-state index in [1.54, 1.807) is 12.1 Å². The number of carbonyl (C=O) groups is 2. The molecule has 2 heterocycles. The van der Waals surface area contributed by atoms with E-state index in [0.29, 0.717) is 43.4 Å². The van der Waals surface area contributed by atoms with Crippen molar-refractivity contribution in [2.75, 3.05) is 5.32 Å². The third kappa shape index (κ3) is 8.89. The van der Waals surface area contributed by atoms with Gasteiger partial charge in [0.25, 0.3) is 10.1 Å². The first-order chi connectivity index (χ1) is 22.3. The molecule has 0 fully saturated rings. The average molecular weight is 689 g/mol. The third-order valence-electron chi connectivity index (χ3n) is 8.93. The highest BCUT2D eigenvalue weighted by molar-refractivity contribution is 7.94. The number of nitrogens with zero attached hydrogens (tertiary/aromatic N) is 1. The summed E-state index contributed by atoms with van der Waals surface area (Å²) in [5.74, 6) is -1.67. The van der Waals surface area contributed by atoms with Crippen molar-refractivity contribution >= 4 is 51.2 Å². The van der Waals surface area contributed by atoms with Gasteiger partial charge >= 0.3 is 11.9 Å². The quantitative estimate of drug-likeness (QED) is 0.0339. The van der Waals surface area contributed by atoms with Gasteiger partial charge in [-0.2, -0.15) is 8.42 Å². The summed E-state index contributed by atoms with van der Waals surface area (Å²) in [6, 6.07) is 10.1. The zero-order valence-electron chi connectivity index (χ0n) is 26.3. The molecule has 0 radical (unpaired) electrons. The second kappa shape index (κ2) is 15.6. The lowest BCUT2D eigenvalue weighted by Gasteiger charge is -2.27. The molecule has 0 aromatic heterocycles. The number of fused-ring (bicyclic) bond motifs is 2. The van der Waals surface area contributed by atoms with Crippen LogP contribution in [0.15, 0.2) is 75.1 Å². The second-order valence-electron chi connectivity index (χ2n) is 12.2. The Morgan fingerprint density at radius 1 is 0.915 bits per heavy atom. The standard InChI is InChI=1S/C33H40N2O10S2/c1-32(18-7-3-5-12-30(36)37)24-20-22(46-45-44-40)14-16-26(24)34-28(32)10-9-11-29-33(2,19-8-4-6-13-31(38)39)25-21-23(47(41,42)43)15-17-27(25)35-29/h9-11,14-17,20-21,35,40H,3-8,12-13,18-19H2,1-2H3,(H,36,37)(H,38,39)(H,41,42,43)/b10-9+,29-11-. The summed E-state index contributed by atoms with van der Waals surface area (Å²) in [5.41, 5.74) is 3.68. The number of hydrogen-bond acceptors (Lipinski definition) is 10. The van der Waals surface area contributed by atoms with Crippen LogP contribution in [-0.4, -0.2) is 46.1 Å². The number of anilines is 1. The van der Waals surface area contributed by atoms with Gasteiger partial charge in [0, 0.05) is 40.0 Å². The summed E-state index contributed by atoms with van der Waals surface area (Å²) in [5, 5.41) is 33.8. The van der Waals surface area contributed by atoms with Crippen molar-refractivity contribution in [1.82, 2.24) is 0 Å². The maximum atomic E-state index is 12.0. The summed E-state index contributed by atoms with van der Waals surface area (Å²) >= 11 is 0.859. The van der Waals surface area contributed by atoms with Crippen LogP contribution in [0.3, 0.4) is 0 Å². The number of aliphatic imine (C=N–C) groups is 1. The van der Waals surface area contributed by atoms with Gasteiger partial charge in [-0.05, 0) is 99.2 Å². The molecule has 0 saturated heterocycles. The first-order valence-corrected chi connectivity index (χ1v) is 17.6. The number of aliphatic carboxylic acids is 2. The third-order valence-corrected chi connectivity index (χ3v) is 10.4. The Bertz CT molecular complexity index is 1690. The predicted octanol–water partition coefficient (Wildman–Crippen LogP) is 7.60. The number of nitrogens with one attached hydrogen (secondary N) is 1. The van der Waals surface area contributed by atoms with Crippen LogP contribution in [0.25, 0.3) is 0 Å². The van der Waals surface area contributed by atoms with Gasteiger partial charge in [0.1, 0.15) is 0 Å². The Kier molecular flexibility index (Phi) is 12.0. The highest BCUT2D eigenvalue weighted by atomic mass is 32.2. The van der Waals surface area contributed by atoms with Gasteiger partial charge in [-0.25, -0.2) is 5.26 Å². The zero-order chi connectivity index (χ0) is 34.2. The molecule has 0 aliphatic carbocycles. The van der Waals surface area contributed by atoms with Crippen LogP contribution in [0.5, 0.6) is 0 Å². The summed E-state index contributed by atoms with van der Waals surface area (Å²) in [4.78, 5) is 27.4.